The van der Waals surface area contributed by atoms with E-state index in [1.807, 2.05) is 0 Å². The van der Waals surface area contributed by atoms with Gasteiger partial charge in [-0.2, -0.15) is 26.3 Å². The predicted molar refractivity (Wildman–Crippen MR) is 131 cm³/mol. The predicted octanol–water partition coefficient (Wildman–Crippen LogP) is 4.81. The first kappa shape index (κ1) is 30.2. The van der Waals surface area contributed by atoms with E-state index in [1.54, 1.807) is 0 Å². The average Bonchev–Trinajstić information content (AvgIpc) is 3.27. The maximum absolute atomic E-state index is 14.9. The third kappa shape index (κ3) is 4.21. The number of benzene rings is 2. The van der Waals surface area contributed by atoms with E-state index in [9.17, 15) is 53.1 Å². The number of fused-ring (bicyclic) bond motifs is 3. The van der Waals surface area contributed by atoms with Crippen LogP contribution < -0.4 is 0 Å². The molecule has 6 nitrogen and oxygen atoms in total. The molecule has 0 bridgehead atoms. The molecule has 15 heteroatoms. The molecular formula is C27H24F8N2O4S. The van der Waals surface area contributed by atoms with Crippen molar-refractivity contribution in [3.63, 3.8) is 0 Å². The highest BCUT2D eigenvalue weighted by Gasteiger charge is 2.74. The zero-order valence-corrected chi connectivity index (χ0v) is 22.7. The van der Waals surface area contributed by atoms with Crippen molar-refractivity contribution >= 4 is 21.7 Å². The molecule has 0 unspecified atom stereocenters. The van der Waals surface area contributed by atoms with Gasteiger partial charge in [-0.3, -0.25) is 9.59 Å². The first-order chi connectivity index (χ1) is 19.4. The summed E-state index contributed by atoms with van der Waals surface area (Å²) in [5.41, 5.74) is -7.82. The molecule has 2 aromatic carbocycles. The summed E-state index contributed by atoms with van der Waals surface area (Å²) in [6, 6.07) is 4.11. The van der Waals surface area contributed by atoms with Gasteiger partial charge in [-0.15, -0.1) is 0 Å². The van der Waals surface area contributed by atoms with Crippen LogP contribution in [0.1, 0.15) is 36.5 Å². The molecular weight excluding hydrogens is 600 g/mol. The molecule has 228 valence electrons. The Morgan fingerprint density at radius 3 is 2.07 bits per heavy atom. The molecule has 5 rings (SSSR count). The van der Waals surface area contributed by atoms with Crippen LogP contribution in [0.25, 0.3) is 0 Å². The quantitative estimate of drug-likeness (QED) is 0.362. The molecule has 2 atom stereocenters. The van der Waals surface area contributed by atoms with Crippen LogP contribution in [0.5, 0.6) is 0 Å². The maximum atomic E-state index is 14.9. The third-order valence-electron chi connectivity index (χ3n) is 8.63. The van der Waals surface area contributed by atoms with Crippen molar-refractivity contribution in [1.29, 1.82) is 0 Å². The monoisotopic (exact) mass is 624 g/mol. The van der Waals surface area contributed by atoms with E-state index in [4.69, 9.17) is 0 Å². The molecule has 1 aliphatic carbocycles. The molecule has 0 N–H and O–H groups in total. The maximum Gasteiger partial charge on any atom is 0.435 e. The van der Waals surface area contributed by atoms with Crippen molar-refractivity contribution in [2.45, 2.75) is 59.9 Å². The highest BCUT2D eigenvalue weighted by Crippen LogP contribution is 2.57. The summed E-state index contributed by atoms with van der Waals surface area (Å²) in [4.78, 5) is 27.5. The van der Waals surface area contributed by atoms with Crippen molar-refractivity contribution in [2.75, 3.05) is 19.6 Å². The van der Waals surface area contributed by atoms with Crippen molar-refractivity contribution < 1.29 is 53.1 Å². The number of nitrogens with zero attached hydrogens (tertiary/aromatic N) is 2. The molecule has 2 fully saturated rings. The van der Waals surface area contributed by atoms with Gasteiger partial charge in [0, 0.05) is 32.1 Å². The Hall–Kier alpha value is -3.23. The Morgan fingerprint density at radius 2 is 1.52 bits per heavy atom. The number of sulfone groups is 1. The molecule has 0 radical (unpaired) electrons. The second-order valence-corrected chi connectivity index (χ2v) is 13.0. The lowest BCUT2D eigenvalue weighted by Gasteiger charge is -2.45. The number of likely N-dealkylation sites (tertiary alicyclic amines) is 2. The fourth-order valence-corrected chi connectivity index (χ4v) is 8.81. The van der Waals surface area contributed by atoms with E-state index in [1.165, 1.54) is 16.7 Å². The molecule has 0 spiro atoms. The summed E-state index contributed by atoms with van der Waals surface area (Å²) in [6.07, 6.45) is -13.4. The van der Waals surface area contributed by atoms with Crippen LogP contribution in [0, 0.1) is 11.7 Å². The van der Waals surface area contributed by atoms with E-state index in [0.29, 0.717) is 6.07 Å². The van der Waals surface area contributed by atoms with Gasteiger partial charge in [-0.25, -0.2) is 17.2 Å². The van der Waals surface area contributed by atoms with Gasteiger partial charge < -0.3 is 9.80 Å². The number of hydrogen-bond acceptors (Lipinski definition) is 4. The number of carbonyl (C=O) groups is 2. The van der Waals surface area contributed by atoms with E-state index in [0.717, 1.165) is 30.3 Å². The molecule has 3 aliphatic rings. The van der Waals surface area contributed by atoms with Gasteiger partial charge in [-0.1, -0.05) is 18.2 Å². The Kier molecular flexibility index (Phi) is 6.94. The van der Waals surface area contributed by atoms with Crippen LogP contribution in [0.4, 0.5) is 35.1 Å². The van der Waals surface area contributed by atoms with E-state index < -0.39 is 61.9 Å². The summed E-state index contributed by atoms with van der Waals surface area (Å²) in [5, 5.41) is 0. The first-order valence-electron chi connectivity index (χ1n) is 12.9. The molecule has 42 heavy (non-hydrogen) atoms. The average molecular weight is 625 g/mol. The summed E-state index contributed by atoms with van der Waals surface area (Å²) >= 11 is 0. The number of halogens is 8. The van der Waals surface area contributed by atoms with Crippen molar-refractivity contribution in [1.82, 2.24) is 9.80 Å². The van der Waals surface area contributed by atoms with E-state index >= 15 is 0 Å². The Labute approximate surface area is 235 Å². The number of rotatable bonds is 4. The summed E-state index contributed by atoms with van der Waals surface area (Å²) in [6.45, 7) is 1.44. The van der Waals surface area contributed by atoms with Crippen LogP contribution in [0.3, 0.4) is 0 Å². The van der Waals surface area contributed by atoms with Crippen molar-refractivity contribution in [2.24, 2.45) is 5.92 Å². The topological polar surface area (TPSA) is 74.8 Å². The van der Waals surface area contributed by atoms with Crippen molar-refractivity contribution in [3.05, 3.63) is 65.0 Å². The minimum Gasteiger partial charge on any atom is -0.341 e. The fraction of sp³-hybridized carbons (Fsp3) is 0.481. The third-order valence-corrected chi connectivity index (χ3v) is 11.2. The van der Waals surface area contributed by atoms with Gasteiger partial charge in [0.25, 0.3) is 0 Å². The Morgan fingerprint density at radius 1 is 0.929 bits per heavy atom. The molecule has 0 saturated carbocycles. The number of alkyl halides is 7. The molecule has 2 amide bonds. The second-order valence-electron chi connectivity index (χ2n) is 10.8. The zero-order valence-electron chi connectivity index (χ0n) is 21.9. The summed E-state index contributed by atoms with van der Waals surface area (Å²) < 4.78 is 136. The van der Waals surface area contributed by atoms with Crippen LogP contribution in [-0.4, -0.2) is 68.1 Å². The number of amides is 2. The lowest BCUT2D eigenvalue weighted by atomic mass is 9.76. The van der Waals surface area contributed by atoms with Gasteiger partial charge in [0.1, 0.15) is 10.6 Å². The lowest BCUT2D eigenvalue weighted by molar-refractivity contribution is -0.348. The highest BCUT2D eigenvalue weighted by atomic mass is 32.2. The Balaban J connectivity index is 1.64. The second kappa shape index (κ2) is 9.64. The van der Waals surface area contributed by atoms with Crippen molar-refractivity contribution in [3.8, 4) is 0 Å². The SMILES string of the molecule is CC(=O)N1CC(C(=O)N2CC[C@@]3(S(=O)(=O)c4ccc(F)cc4)c4ccc(C(F)(C(F)(F)F)C(F)(F)F)cc4CC[C@@H]23)C1. The fourth-order valence-electron chi connectivity index (χ4n) is 6.44. The molecule has 0 aromatic heterocycles. The summed E-state index contributed by atoms with van der Waals surface area (Å²) in [5.74, 6) is -2.06. The minimum atomic E-state index is -6.36. The lowest BCUT2D eigenvalue weighted by Crippen LogP contribution is -2.59. The van der Waals surface area contributed by atoms with Gasteiger partial charge in [0.2, 0.25) is 11.8 Å². The van der Waals surface area contributed by atoms with E-state index in [2.05, 4.69) is 0 Å². The van der Waals surface area contributed by atoms with Crippen LogP contribution in [-0.2, 0) is 36.3 Å². The largest absolute Gasteiger partial charge is 0.435 e. The normalized spacial score (nSPS) is 23.3. The van der Waals surface area contributed by atoms with E-state index in [-0.39, 0.29) is 66.9 Å². The minimum absolute atomic E-state index is 0.111. The molecule has 2 heterocycles. The van der Waals surface area contributed by atoms with Gasteiger partial charge in [0.05, 0.1) is 16.9 Å². The van der Waals surface area contributed by atoms with Crippen LogP contribution >= 0.6 is 0 Å². The Bertz CT molecular complexity index is 1520. The van der Waals surface area contributed by atoms with Gasteiger partial charge in [-0.05, 0) is 54.7 Å². The first-order valence-corrected chi connectivity index (χ1v) is 14.4. The standard InChI is InChI=1S/C27H24F8N2O4S/c1-15(38)36-13-17(14-36)23(39)37-11-10-24(42(40,41)20-6-4-19(28)5-7-20)21-8-3-18(12-16(21)2-9-22(24)37)25(29,26(30,31)32)27(33,34)35/h3-8,12,17,22H,2,9-11,13-14H2,1H3/t22-,24-/m1/s1. The number of carbonyl (C=O) groups excluding carboxylic acids is 2. The number of aryl methyl sites for hydroxylation is 1. The molecule has 2 aliphatic heterocycles. The molecule has 2 aromatic rings. The van der Waals surface area contributed by atoms with Crippen LogP contribution in [0.2, 0.25) is 0 Å². The highest BCUT2D eigenvalue weighted by molar-refractivity contribution is 7.92. The summed E-state index contributed by atoms with van der Waals surface area (Å²) in [7, 11) is -4.56. The molecule has 2 saturated heterocycles. The zero-order chi connectivity index (χ0) is 31.0. The number of hydrogen-bond donors (Lipinski definition) is 0. The van der Waals surface area contributed by atoms with Gasteiger partial charge in [0.15, 0.2) is 9.84 Å². The van der Waals surface area contributed by atoms with Gasteiger partial charge >= 0.3 is 18.0 Å². The van der Waals surface area contributed by atoms with Crippen LogP contribution in [0.15, 0.2) is 47.4 Å². The smallest absolute Gasteiger partial charge is 0.341 e.